The molecular weight excluding hydrogens is 282 g/mol. The van der Waals surface area contributed by atoms with Crippen molar-refractivity contribution >= 4 is 16.9 Å². The highest BCUT2D eigenvalue weighted by atomic mass is 16.5. The zero-order valence-corrected chi connectivity index (χ0v) is 12.5. The van der Waals surface area contributed by atoms with E-state index in [2.05, 4.69) is 5.32 Å². The molecule has 0 saturated carbocycles. The Morgan fingerprint density at radius 1 is 1.32 bits per heavy atom. The summed E-state index contributed by atoms with van der Waals surface area (Å²) in [5.74, 6) is 1.46. The molecule has 114 valence electrons. The first kappa shape index (κ1) is 14.3. The van der Waals surface area contributed by atoms with Crippen molar-refractivity contribution in [2.45, 2.75) is 19.4 Å². The summed E-state index contributed by atoms with van der Waals surface area (Å²) >= 11 is 0. The first-order valence-corrected chi connectivity index (χ1v) is 7.07. The molecule has 3 rings (SSSR count). The van der Waals surface area contributed by atoms with Gasteiger partial charge in [0, 0.05) is 17.8 Å². The van der Waals surface area contributed by atoms with Gasteiger partial charge in [-0.1, -0.05) is 12.1 Å². The predicted octanol–water partition coefficient (Wildman–Crippen LogP) is 3.40. The van der Waals surface area contributed by atoms with E-state index in [-0.39, 0.29) is 17.7 Å². The number of amides is 1. The maximum absolute atomic E-state index is 12.3. The lowest BCUT2D eigenvalue weighted by atomic mass is 10.2. The number of hydrogen-bond acceptors (Lipinski definition) is 4. The molecule has 1 aromatic carbocycles. The van der Waals surface area contributed by atoms with E-state index in [0.717, 1.165) is 11.1 Å². The van der Waals surface area contributed by atoms with Gasteiger partial charge in [0.2, 0.25) is 0 Å². The highest BCUT2D eigenvalue weighted by Crippen LogP contribution is 2.28. The molecule has 0 aliphatic rings. The maximum atomic E-state index is 12.3. The number of nitrogens with one attached hydrogen (secondary N) is 1. The van der Waals surface area contributed by atoms with Crippen LogP contribution in [0.15, 0.2) is 51.5 Å². The molecule has 0 unspecified atom stereocenters. The van der Waals surface area contributed by atoms with Gasteiger partial charge in [0.15, 0.2) is 17.1 Å². The Morgan fingerprint density at radius 3 is 2.91 bits per heavy atom. The van der Waals surface area contributed by atoms with Crippen LogP contribution in [0.25, 0.3) is 11.0 Å². The molecule has 1 amide bonds. The fourth-order valence-corrected chi connectivity index (χ4v) is 2.39. The SMILES string of the molecule is COc1cccc2cc(C(=O)N[C@@H](C)Cc3ccco3)oc12. The third-order valence-corrected chi connectivity index (χ3v) is 3.42. The van der Waals surface area contributed by atoms with Crippen molar-refractivity contribution in [2.24, 2.45) is 0 Å². The van der Waals surface area contributed by atoms with Gasteiger partial charge in [0.05, 0.1) is 13.4 Å². The Hall–Kier alpha value is -2.69. The lowest BCUT2D eigenvalue weighted by molar-refractivity contribution is 0.0913. The summed E-state index contributed by atoms with van der Waals surface area (Å²) in [6, 6.07) is 10.9. The van der Waals surface area contributed by atoms with Gasteiger partial charge in [-0.25, -0.2) is 0 Å². The molecule has 0 aliphatic heterocycles. The Labute approximate surface area is 127 Å². The number of fused-ring (bicyclic) bond motifs is 1. The Bertz CT molecular complexity index is 773. The highest BCUT2D eigenvalue weighted by Gasteiger charge is 2.17. The van der Waals surface area contributed by atoms with E-state index < -0.39 is 0 Å². The third-order valence-electron chi connectivity index (χ3n) is 3.42. The topological polar surface area (TPSA) is 64.6 Å². The van der Waals surface area contributed by atoms with Crippen LogP contribution >= 0.6 is 0 Å². The van der Waals surface area contributed by atoms with E-state index in [1.807, 2.05) is 31.2 Å². The quantitative estimate of drug-likeness (QED) is 0.784. The van der Waals surface area contributed by atoms with Gasteiger partial charge < -0.3 is 18.9 Å². The van der Waals surface area contributed by atoms with Crippen molar-refractivity contribution < 1.29 is 18.4 Å². The van der Waals surface area contributed by atoms with Gasteiger partial charge >= 0.3 is 0 Å². The van der Waals surface area contributed by atoms with Crippen LogP contribution in [-0.2, 0) is 6.42 Å². The fourth-order valence-electron chi connectivity index (χ4n) is 2.39. The largest absolute Gasteiger partial charge is 0.493 e. The van der Waals surface area contributed by atoms with Crippen LogP contribution < -0.4 is 10.1 Å². The normalized spacial score (nSPS) is 12.3. The van der Waals surface area contributed by atoms with Gasteiger partial charge in [-0.05, 0) is 31.2 Å². The van der Waals surface area contributed by atoms with E-state index >= 15 is 0 Å². The monoisotopic (exact) mass is 299 g/mol. The molecule has 5 nitrogen and oxygen atoms in total. The van der Waals surface area contributed by atoms with Crippen LogP contribution in [0.2, 0.25) is 0 Å². The Kier molecular flexibility index (Phi) is 3.87. The molecule has 0 radical (unpaired) electrons. The van der Waals surface area contributed by atoms with Crippen molar-refractivity contribution in [3.05, 3.63) is 54.2 Å². The number of carbonyl (C=O) groups excluding carboxylic acids is 1. The van der Waals surface area contributed by atoms with Gasteiger partial charge in [0.1, 0.15) is 5.76 Å². The van der Waals surface area contributed by atoms with E-state index in [1.54, 1.807) is 25.5 Å². The summed E-state index contributed by atoms with van der Waals surface area (Å²) in [6.07, 6.45) is 2.25. The van der Waals surface area contributed by atoms with Crippen molar-refractivity contribution in [3.8, 4) is 5.75 Å². The molecule has 0 saturated heterocycles. The zero-order chi connectivity index (χ0) is 15.5. The molecule has 2 heterocycles. The fraction of sp³-hybridized carbons (Fsp3) is 0.235. The minimum atomic E-state index is -0.252. The molecule has 3 aromatic rings. The minimum Gasteiger partial charge on any atom is -0.493 e. The number of methoxy groups -OCH3 is 1. The predicted molar refractivity (Wildman–Crippen MR) is 82.1 cm³/mol. The highest BCUT2D eigenvalue weighted by molar-refractivity contribution is 5.97. The number of hydrogen-bond donors (Lipinski definition) is 1. The molecule has 0 fully saturated rings. The van der Waals surface area contributed by atoms with Crippen molar-refractivity contribution in [3.63, 3.8) is 0 Å². The first-order chi connectivity index (χ1) is 10.7. The molecule has 0 spiro atoms. The van der Waals surface area contributed by atoms with Crippen LogP contribution in [0.5, 0.6) is 5.75 Å². The zero-order valence-electron chi connectivity index (χ0n) is 12.5. The van der Waals surface area contributed by atoms with E-state index in [0.29, 0.717) is 17.8 Å². The summed E-state index contributed by atoms with van der Waals surface area (Å²) in [5.41, 5.74) is 0.578. The Balaban J connectivity index is 1.74. The molecule has 1 atom stereocenters. The molecule has 2 aromatic heterocycles. The standard InChI is InChI=1S/C17H17NO4/c1-11(9-13-6-4-8-21-13)18-17(19)15-10-12-5-3-7-14(20-2)16(12)22-15/h3-8,10-11H,9H2,1-2H3,(H,18,19)/t11-/m0/s1. The van der Waals surface area contributed by atoms with Gasteiger partial charge in [-0.3, -0.25) is 4.79 Å². The van der Waals surface area contributed by atoms with Crippen LogP contribution in [-0.4, -0.2) is 19.1 Å². The van der Waals surface area contributed by atoms with Crippen LogP contribution in [0, 0.1) is 0 Å². The first-order valence-electron chi connectivity index (χ1n) is 7.07. The van der Waals surface area contributed by atoms with Crippen LogP contribution in [0.4, 0.5) is 0 Å². The van der Waals surface area contributed by atoms with Crippen molar-refractivity contribution in [1.29, 1.82) is 0 Å². The molecule has 5 heteroatoms. The van der Waals surface area contributed by atoms with Crippen molar-refractivity contribution in [2.75, 3.05) is 7.11 Å². The maximum Gasteiger partial charge on any atom is 0.287 e. The smallest absolute Gasteiger partial charge is 0.287 e. The molecule has 0 aliphatic carbocycles. The summed E-state index contributed by atoms with van der Waals surface area (Å²) in [5, 5.41) is 3.74. The van der Waals surface area contributed by atoms with E-state index in [9.17, 15) is 4.79 Å². The van der Waals surface area contributed by atoms with Crippen molar-refractivity contribution in [1.82, 2.24) is 5.32 Å². The minimum absolute atomic E-state index is 0.0613. The Morgan fingerprint density at radius 2 is 2.18 bits per heavy atom. The second-order valence-corrected chi connectivity index (χ2v) is 5.15. The average molecular weight is 299 g/mol. The summed E-state index contributed by atoms with van der Waals surface area (Å²) in [6.45, 7) is 1.92. The number of furan rings is 2. The summed E-state index contributed by atoms with van der Waals surface area (Å²) < 4.78 is 16.1. The number of ether oxygens (including phenoxy) is 1. The lowest BCUT2D eigenvalue weighted by Gasteiger charge is -2.10. The lowest BCUT2D eigenvalue weighted by Crippen LogP contribution is -2.33. The van der Waals surface area contributed by atoms with Gasteiger partial charge in [0.25, 0.3) is 5.91 Å². The summed E-state index contributed by atoms with van der Waals surface area (Å²) in [7, 11) is 1.57. The molecule has 1 N–H and O–H groups in total. The van der Waals surface area contributed by atoms with Gasteiger partial charge in [-0.2, -0.15) is 0 Å². The van der Waals surface area contributed by atoms with Crippen LogP contribution in [0.1, 0.15) is 23.2 Å². The second-order valence-electron chi connectivity index (χ2n) is 5.15. The second kappa shape index (κ2) is 5.97. The summed E-state index contributed by atoms with van der Waals surface area (Å²) in [4.78, 5) is 12.3. The van der Waals surface area contributed by atoms with Gasteiger partial charge in [-0.15, -0.1) is 0 Å². The third kappa shape index (κ3) is 2.83. The van der Waals surface area contributed by atoms with E-state index in [4.69, 9.17) is 13.6 Å². The van der Waals surface area contributed by atoms with E-state index in [1.165, 1.54) is 0 Å². The number of benzene rings is 1. The average Bonchev–Trinajstić information content (AvgIpc) is 3.15. The molecular formula is C17H17NO4. The number of para-hydroxylation sites is 1. The molecule has 22 heavy (non-hydrogen) atoms. The van der Waals surface area contributed by atoms with Crippen LogP contribution in [0.3, 0.4) is 0 Å². The number of rotatable bonds is 5. The number of carbonyl (C=O) groups is 1. The molecule has 0 bridgehead atoms.